The van der Waals surface area contributed by atoms with Crippen LogP contribution in [0, 0.1) is 0 Å². The lowest BCUT2D eigenvalue weighted by atomic mass is 10.1. The maximum atomic E-state index is 11.3. The zero-order valence-corrected chi connectivity index (χ0v) is 9.72. The van der Waals surface area contributed by atoms with Gasteiger partial charge in [0, 0.05) is 0 Å². The van der Waals surface area contributed by atoms with Crippen LogP contribution >= 0.6 is 0 Å². The highest BCUT2D eigenvalue weighted by molar-refractivity contribution is 5.72. The highest BCUT2D eigenvalue weighted by Crippen LogP contribution is 2.12. The third-order valence-corrected chi connectivity index (χ3v) is 2.00. The molecule has 90 valence electrons. The van der Waals surface area contributed by atoms with Gasteiger partial charge in [-0.15, -0.1) is 0 Å². The van der Waals surface area contributed by atoms with Gasteiger partial charge in [-0.05, 0) is 17.7 Å². The molecule has 0 radical (unpaired) electrons. The fourth-order valence-electron chi connectivity index (χ4n) is 1.23. The molecule has 0 spiro atoms. The second-order valence-electron chi connectivity index (χ2n) is 3.39. The summed E-state index contributed by atoms with van der Waals surface area (Å²) < 4.78 is 10.2. The summed E-state index contributed by atoms with van der Waals surface area (Å²) in [5.74, 6) is 0.498. The molecule has 0 atom stereocenters. The molecule has 0 saturated carbocycles. The molecule has 0 N–H and O–H groups in total. The van der Waals surface area contributed by atoms with Crippen molar-refractivity contribution in [2.24, 2.45) is 0 Å². The van der Waals surface area contributed by atoms with Crippen molar-refractivity contribution in [3.05, 3.63) is 55.1 Å². The van der Waals surface area contributed by atoms with Crippen molar-refractivity contribution < 1.29 is 14.3 Å². The van der Waals surface area contributed by atoms with E-state index in [1.165, 1.54) is 0 Å². The Morgan fingerprint density at radius 3 is 2.35 bits per heavy atom. The monoisotopic (exact) mass is 232 g/mol. The van der Waals surface area contributed by atoms with Gasteiger partial charge in [0.25, 0.3) is 0 Å². The van der Waals surface area contributed by atoms with Crippen molar-refractivity contribution in [1.29, 1.82) is 0 Å². The number of rotatable bonds is 7. The Labute approximate surface area is 101 Å². The molecule has 0 saturated heterocycles. The van der Waals surface area contributed by atoms with E-state index in [0.29, 0.717) is 6.61 Å². The van der Waals surface area contributed by atoms with Crippen molar-refractivity contribution >= 4 is 5.97 Å². The molecule has 1 aromatic rings. The van der Waals surface area contributed by atoms with Gasteiger partial charge >= 0.3 is 5.97 Å². The van der Waals surface area contributed by atoms with Gasteiger partial charge in [-0.3, -0.25) is 4.79 Å². The molecule has 0 aliphatic carbocycles. The summed E-state index contributed by atoms with van der Waals surface area (Å²) in [6, 6.07) is 7.32. The van der Waals surface area contributed by atoms with E-state index in [9.17, 15) is 4.79 Å². The van der Waals surface area contributed by atoms with E-state index in [-0.39, 0.29) is 19.0 Å². The molecule has 0 fully saturated rings. The Morgan fingerprint density at radius 1 is 1.12 bits per heavy atom. The number of carbonyl (C=O) groups is 1. The summed E-state index contributed by atoms with van der Waals surface area (Å²) in [7, 11) is 0. The first-order valence-corrected chi connectivity index (χ1v) is 5.35. The summed E-state index contributed by atoms with van der Waals surface area (Å²) in [6.45, 7) is 7.77. The Kier molecular flexibility index (Phi) is 5.58. The molecular weight excluding hydrogens is 216 g/mol. The number of carbonyl (C=O) groups excluding carboxylic acids is 1. The Balaban J connectivity index is 2.47. The molecule has 0 amide bonds. The molecule has 0 bridgehead atoms. The van der Waals surface area contributed by atoms with Crippen LogP contribution in [0.1, 0.15) is 5.56 Å². The number of benzene rings is 1. The molecule has 17 heavy (non-hydrogen) atoms. The van der Waals surface area contributed by atoms with Crippen molar-refractivity contribution in [1.82, 2.24) is 0 Å². The minimum absolute atomic E-state index is 0.249. The van der Waals surface area contributed by atoms with E-state index in [1.807, 2.05) is 24.3 Å². The van der Waals surface area contributed by atoms with Gasteiger partial charge in [-0.25, -0.2) is 0 Å². The molecule has 0 unspecified atom stereocenters. The van der Waals surface area contributed by atoms with Crippen LogP contribution in [0.2, 0.25) is 0 Å². The van der Waals surface area contributed by atoms with E-state index in [1.54, 1.807) is 12.2 Å². The zero-order chi connectivity index (χ0) is 12.5. The predicted molar refractivity (Wildman–Crippen MR) is 67.0 cm³/mol. The van der Waals surface area contributed by atoms with E-state index < -0.39 is 0 Å². The van der Waals surface area contributed by atoms with Crippen LogP contribution in [0.4, 0.5) is 0 Å². The number of esters is 1. The van der Waals surface area contributed by atoms with Crippen LogP contribution in [0.5, 0.6) is 5.75 Å². The lowest BCUT2D eigenvalue weighted by Crippen LogP contribution is -2.07. The third kappa shape index (κ3) is 5.02. The summed E-state index contributed by atoms with van der Waals surface area (Å²) >= 11 is 0. The fraction of sp³-hybridized carbons (Fsp3) is 0.214. The smallest absolute Gasteiger partial charge is 0.310 e. The molecule has 1 rings (SSSR count). The maximum Gasteiger partial charge on any atom is 0.310 e. The standard InChI is InChI=1S/C14H16O3/c1-3-9-16-13-7-5-12(6-8-13)11-14(15)17-10-4-2/h3-8H,1-2,9-11H2. The van der Waals surface area contributed by atoms with Crippen molar-refractivity contribution in [3.8, 4) is 5.75 Å². The van der Waals surface area contributed by atoms with Crippen LogP contribution in [0.25, 0.3) is 0 Å². The van der Waals surface area contributed by atoms with Gasteiger partial charge in [-0.1, -0.05) is 37.4 Å². The predicted octanol–water partition coefficient (Wildman–Crippen LogP) is 2.52. The minimum Gasteiger partial charge on any atom is -0.490 e. The summed E-state index contributed by atoms with van der Waals surface area (Å²) in [5.41, 5.74) is 0.894. The number of ether oxygens (including phenoxy) is 2. The molecule has 1 aromatic carbocycles. The first kappa shape index (κ1) is 13.0. The minimum atomic E-state index is -0.260. The Morgan fingerprint density at radius 2 is 1.76 bits per heavy atom. The van der Waals surface area contributed by atoms with Gasteiger partial charge in [-0.2, -0.15) is 0 Å². The van der Waals surface area contributed by atoms with Gasteiger partial charge in [0.1, 0.15) is 19.0 Å². The van der Waals surface area contributed by atoms with Crippen molar-refractivity contribution in [2.45, 2.75) is 6.42 Å². The second-order valence-corrected chi connectivity index (χ2v) is 3.39. The van der Waals surface area contributed by atoms with Crippen LogP contribution < -0.4 is 4.74 Å². The van der Waals surface area contributed by atoms with Gasteiger partial charge in [0.05, 0.1) is 6.42 Å². The van der Waals surface area contributed by atoms with Crippen LogP contribution in [0.15, 0.2) is 49.6 Å². The highest BCUT2D eigenvalue weighted by atomic mass is 16.5. The number of hydrogen-bond donors (Lipinski definition) is 0. The number of hydrogen-bond acceptors (Lipinski definition) is 3. The average Bonchev–Trinajstić information content (AvgIpc) is 2.35. The fourth-order valence-corrected chi connectivity index (χ4v) is 1.23. The van der Waals surface area contributed by atoms with E-state index >= 15 is 0 Å². The first-order chi connectivity index (χ1) is 8.26. The van der Waals surface area contributed by atoms with E-state index in [4.69, 9.17) is 9.47 Å². The normalized spacial score (nSPS) is 9.41. The summed E-state index contributed by atoms with van der Waals surface area (Å²) in [6.07, 6.45) is 3.49. The molecule has 0 aliphatic rings. The van der Waals surface area contributed by atoms with E-state index in [2.05, 4.69) is 13.2 Å². The van der Waals surface area contributed by atoms with Crippen LogP contribution in [-0.4, -0.2) is 19.2 Å². The molecular formula is C14H16O3. The van der Waals surface area contributed by atoms with Gasteiger partial charge in [0.2, 0.25) is 0 Å². The van der Waals surface area contributed by atoms with Gasteiger partial charge in [0.15, 0.2) is 0 Å². The average molecular weight is 232 g/mol. The largest absolute Gasteiger partial charge is 0.490 e. The molecule has 0 aromatic heterocycles. The Hall–Kier alpha value is -2.03. The molecule has 0 heterocycles. The SMILES string of the molecule is C=CCOC(=O)Cc1ccc(OCC=C)cc1. The van der Waals surface area contributed by atoms with E-state index in [0.717, 1.165) is 11.3 Å². The summed E-state index contributed by atoms with van der Waals surface area (Å²) in [4.78, 5) is 11.3. The molecule has 3 heteroatoms. The van der Waals surface area contributed by atoms with Crippen molar-refractivity contribution in [3.63, 3.8) is 0 Å². The second kappa shape index (κ2) is 7.28. The first-order valence-electron chi connectivity index (χ1n) is 5.35. The topological polar surface area (TPSA) is 35.5 Å². The highest BCUT2D eigenvalue weighted by Gasteiger charge is 2.03. The lowest BCUT2D eigenvalue weighted by Gasteiger charge is -2.05. The third-order valence-electron chi connectivity index (χ3n) is 2.00. The maximum absolute atomic E-state index is 11.3. The van der Waals surface area contributed by atoms with Crippen LogP contribution in [0.3, 0.4) is 0 Å². The molecule has 3 nitrogen and oxygen atoms in total. The van der Waals surface area contributed by atoms with Crippen molar-refractivity contribution in [2.75, 3.05) is 13.2 Å². The summed E-state index contributed by atoms with van der Waals surface area (Å²) in [5, 5.41) is 0. The quantitative estimate of drug-likeness (QED) is 0.535. The lowest BCUT2D eigenvalue weighted by molar-refractivity contribution is -0.141. The van der Waals surface area contributed by atoms with Crippen LogP contribution in [-0.2, 0) is 16.0 Å². The molecule has 0 aliphatic heterocycles. The Bertz CT molecular complexity index is 379. The zero-order valence-electron chi connectivity index (χ0n) is 9.72. The van der Waals surface area contributed by atoms with Gasteiger partial charge < -0.3 is 9.47 Å².